The number of carbonyl (C=O) groups excluding carboxylic acids is 2. The molecule has 0 saturated carbocycles. The van der Waals surface area contributed by atoms with Gasteiger partial charge in [-0.25, -0.2) is 0 Å². The number of carbonyl (C=O) groups is 2. The molecule has 3 nitrogen and oxygen atoms in total. The van der Waals surface area contributed by atoms with Crippen molar-refractivity contribution in [1.82, 2.24) is 0 Å². The Morgan fingerprint density at radius 2 is 1.54 bits per heavy atom. The Bertz CT molecular complexity index is 591. The molecule has 0 bridgehead atoms. The fraction of sp³-hybridized carbons (Fsp3) is 0.600. The fourth-order valence-electron chi connectivity index (χ4n) is 2.63. The molecule has 0 spiro atoms. The molecule has 2 N–H and O–H groups in total. The van der Waals surface area contributed by atoms with Crippen LogP contribution in [0.5, 0.6) is 0 Å². The molecule has 0 aliphatic heterocycles. The van der Waals surface area contributed by atoms with Crippen molar-refractivity contribution in [3.63, 3.8) is 0 Å². The van der Waals surface area contributed by atoms with Crippen molar-refractivity contribution in [3.05, 3.63) is 35.9 Å². The first kappa shape index (κ1) is 20.9. The number of hydrogen-bond donors (Lipinski definition) is 1. The van der Waals surface area contributed by atoms with Gasteiger partial charge in [0.1, 0.15) is 5.78 Å². The standard InChI is InChI=1S/C20H31NO2S/c1-14(22)13-18(2,3)20(6,7)24-17(23)16(21)19(4,5)15-11-9-8-10-12-15/h8-12,16H,13,21H2,1-7H3/t16-/m1/s1. The van der Waals surface area contributed by atoms with Crippen LogP contribution in [0.2, 0.25) is 0 Å². The molecule has 24 heavy (non-hydrogen) atoms. The van der Waals surface area contributed by atoms with Crippen LogP contribution in [0.25, 0.3) is 0 Å². The van der Waals surface area contributed by atoms with E-state index in [4.69, 9.17) is 5.73 Å². The summed E-state index contributed by atoms with van der Waals surface area (Å²) in [5.74, 6) is 0.134. The Hall–Kier alpha value is -1.13. The lowest BCUT2D eigenvalue weighted by molar-refractivity contribution is -0.119. The maximum Gasteiger partial charge on any atom is 0.207 e. The molecule has 1 aromatic rings. The average molecular weight is 350 g/mol. The summed E-state index contributed by atoms with van der Waals surface area (Å²) in [6.07, 6.45) is 0.442. The van der Waals surface area contributed by atoms with E-state index in [1.54, 1.807) is 6.92 Å². The van der Waals surface area contributed by atoms with Crippen molar-refractivity contribution < 1.29 is 9.59 Å². The molecule has 0 saturated heterocycles. The maximum absolute atomic E-state index is 12.9. The molecule has 134 valence electrons. The van der Waals surface area contributed by atoms with E-state index in [1.807, 2.05) is 71.9 Å². The molecule has 0 aromatic heterocycles. The van der Waals surface area contributed by atoms with Gasteiger partial charge in [0, 0.05) is 16.6 Å². The monoisotopic (exact) mass is 349 g/mol. The highest BCUT2D eigenvalue weighted by Gasteiger charge is 2.43. The SMILES string of the molecule is CC(=O)CC(C)(C)C(C)(C)SC(=O)[C@@H](N)C(C)(C)c1ccccc1. The summed E-state index contributed by atoms with van der Waals surface area (Å²) in [6, 6.07) is 9.26. The van der Waals surface area contributed by atoms with Crippen molar-refractivity contribution in [2.24, 2.45) is 11.1 Å². The van der Waals surface area contributed by atoms with E-state index in [0.29, 0.717) is 6.42 Å². The quantitative estimate of drug-likeness (QED) is 0.795. The van der Waals surface area contributed by atoms with Crippen LogP contribution in [0.3, 0.4) is 0 Å². The molecule has 0 aliphatic rings. The van der Waals surface area contributed by atoms with Crippen LogP contribution in [0, 0.1) is 5.41 Å². The van der Waals surface area contributed by atoms with E-state index in [1.165, 1.54) is 11.8 Å². The first-order valence-corrected chi connectivity index (χ1v) is 9.16. The third-order valence-corrected chi connectivity index (χ3v) is 6.74. The van der Waals surface area contributed by atoms with Crippen LogP contribution in [0.4, 0.5) is 0 Å². The Labute approximate surface area is 150 Å². The van der Waals surface area contributed by atoms with Crippen LogP contribution in [-0.2, 0) is 15.0 Å². The minimum Gasteiger partial charge on any atom is -0.320 e. The Balaban J connectivity index is 2.95. The normalized spacial score (nSPS) is 14.3. The molecule has 1 atom stereocenters. The minimum atomic E-state index is -0.614. The average Bonchev–Trinajstić information content (AvgIpc) is 2.45. The Kier molecular flexibility index (Phi) is 6.45. The highest BCUT2D eigenvalue weighted by molar-refractivity contribution is 8.14. The van der Waals surface area contributed by atoms with Gasteiger partial charge in [0.25, 0.3) is 0 Å². The lowest BCUT2D eigenvalue weighted by atomic mass is 9.76. The van der Waals surface area contributed by atoms with Crippen LogP contribution in [-0.4, -0.2) is 21.7 Å². The van der Waals surface area contributed by atoms with E-state index in [2.05, 4.69) is 0 Å². The van der Waals surface area contributed by atoms with Crippen molar-refractivity contribution in [3.8, 4) is 0 Å². The second-order valence-corrected chi connectivity index (χ2v) is 9.89. The highest BCUT2D eigenvalue weighted by atomic mass is 32.2. The predicted molar refractivity (Wildman–Crippen MR) is 103 cm³/mol. The smallest absolute Gasteiger partial charge is 0.207 e. The number of ketones is 1. The largest absolute Gasteiger partial charge is 0.320 e. The molecule has 0 heterocycles. The number of Topliss-reactive ketones (excluding diaryl/α,β-unsaturated/α-hetero) is 1. The van der Waals surface area contributed by atoms with Crippen LogP contribution >= 0.6 is 11.8 Å². The molecule has 0 aliphatic carbocycles. The van der Waals surface area contributed by atoms with Gasteiger partial charge in [0.05, 0.1) is 6.04 Å². The molecule has 0 fully saturated rings. The third kappa shape index (κ3) is 4.70. The van der Waals surface area contributed by atoms with Crippen molar-refractivity contribution >= 4 is 22.7 Å². The van der Waals surface area contributed by atoms with Crippen LogP contribution in [0.1, 0.15) is 60.5 Å². The van der Waals surface area contributed by atoms with E-state index >= 15 is 0 Å². The lowest BCUT2D eigenvalue weighted by Gasteiger charge is -2.41. The summed E-state index contributed by atoms with van der Waals surface area (Å²) < 4.78 is -0.389. The van der Waals surface area contributed by atoms with Crippen LogP contribution in [0.15, 0.2) is 30.3 Å². The van der Waals surface area contributed by atoms with Crippen molar-refractivity contribution in [2.75, 3.05) is 0 Å². The summed E-state index contributed by atoms with van der Waals surface area (Å²) in [7, 11) is 0. The zero-order chi connectivity index (χ0) is 18.8. The van der Waals surface area contributed by atoms with Gasteiger partial charge in [-0.1, -0.05) is 69.8 Å². The first-order chi connectivity index (χ1) is 10.8. The maximum atomic E-state index is 12.9. The zero-order valence-corrected chi connectivity index (χ0v) is 16.8. The minimum absolute atomic E-state index is 0.0366. The summed E-state index contributed by atoms with van der Waals surface area (Å²) in [4.78, 5) is 24.4. The second-order valence-electron chi connectivity index (χ2n) is 8.26. The predicted octanol–water partition coefficient (Wildman–Crippen LogP) is 4.34. The van der Waals surface area contributed by atoms with E-state index in [-0.39, 0.29) is 21.1 Å². The Morgan fingerprint density at radius 3 is 2.00 bits per heavy atom. The van der Waals surface area contributed by atoms with Gasteiger partial charge < -0.3 is 10.5 Å². The molecule has 0 unspecified atom stereocenters. The van der Waals surface area contributed by atoms with Crippen molar-refractivity contribution in [2.45, 2.75) is 71.1 Å². The highest BCUT2D eigenvalue weighted by Crippen LogP contribution is 2.45. The van der Waals surface area contributed by atoms with Gasteiger partial charge in [-0.15, -0.1) is 0 Å². The van der Waals surface area contributed by atoms with E-state index < -0.39 is 11.5 Å². The third-order valence-electron chi connectivity index (χ3n) is 5.23. The molecule has 0 radical (unpaired) electrons. The van der Waals surface area contributed by atoms with Gasteiger partial charge in [-0.2, -0.15) is 0 Å². The summed E-state index contributed by atoms with van der Waals surface area (Å²) in [5.41, 5.74) is 6.64. The van der Waals surface area contributed by atoms with Gasteiger partial charge >= 0.3 is 0 Å². The lowest BCUT2D eigenvalue weighted by Crippen LogP contribution is -2.48. The Morgan fingerprint density at radius 1 is 1.04 bits per heavy atom. The van der Waals surface area contributed by atoms with Gasteiger partial charge in [-0.05, 0) is 31.7 Å². The van der Waals surface area contributed by atoms with Gasteiger partial charge in [0.15, 0.2) is 0 Å². The molecular formula is C20H31NO2S. The number of hydrogen-bond acceptors (Lipinski definition) is 4. The van der Waals surface area contributed by atoms with Crippen LogP contribution < -0.4 is 5.73 Å². The second kappa shape index (κ2) is 7.40. The number of nitrogens with two attached hydrogens (primary N) is 1. The molecule has 1 rings (SSSR count). The summed E-state index contributed by atoms with van der Waals surface area (Å²) in [6.45, 7) is 13.7. The fourth-order valence-corrected chi connectivity index (χ4v) is 3.90. The van der Waals surface area contributed by atoms with Gasteiger partial charge in [0.2, 0.25) is 5.12 Å². The number of benzene rings is 1. The zero-order valence-electron chi connectivity index (χ0n) is 16.0. The van der Waals surface area contributed by atoms with E-state index in [0.717, 1.165) is 5.56 Å². The number of rotatable bonds is 7. The molecule has 1 aromatic carbocycles. The summed E-state index contributed by atoms with van der Waals surface area (Å²) in [5, 5.41) is -0.0366. The van der Waals surface area contributed by atoms with E-state index in [9.17, 15) is 9.59 Å². The van der Waals surface area contributed by atoms with Gasteiger partial charge in [-0.3, -0.25) is 4.79 Å². The molecule has 4 heteroatoms. The first-order valence-electron chi connectivity index (χ1n) is 8.34. The number of thioether (sulfide) groups is 1. The van der Waals surface area contributed by atoms with Crippen molar-refractivity contribution in [1.29, 1.82) is 0 Å². The topological polar surface area (TPSA) is 60.2 Å². The molecular weight excluding hydrogens is 318 g/mol. The molecule has 0 amide bonds. The summed E-state index contributed by atoms with van der Waals surface area (Å²) >= 11 is 1.26.